The van der Waals surface area contributed by atoms with Crippen molar-refractivity contribution < 1.29 is 19.4 Å². The summed E-state index contributed by atoms with van der Waals surface area (Å²) in [5.74, 6) is -1.01. The summed E-state index contributed by atoms with van der Waals surface area (Å²) in [5, 5.41) is 8.60. The molecule has 6 nitrogen and oxygen atoms in total. The van der Waals surface area contributed by atoms with Crippen LogP contribution in [0.1, 0.15) is 6.42 Å². The minimum Gasteiger partial charge on any atom is -0.480 e. The fourth-order valence-corrected chi connectivity index (χ4v) is 1.71. The van der Waals surface area contributed by atoms with Crippen molar-refractivity contribution in [2.45, 2.75) is 6.42 Å². The highest BCUT2D eigenvalue weighted by atomic mass is 16.5. The lowest BCUT2D eigenvalue weighted by molar-refractivity contribution is -0.137. The zero-order valence-electron chi connectivity index (χ0n) is 10.2. The van der Waals surface area contributed by atoms with Crippen LogP contribution in [0.4, 0.5) is 4.79 Å². The van der Waals surface area contributed by atoms with Crippen LogP contribution < -0.4 is 0 Å². The van der Waals surface area contributed by atoms with E-state index in [1.165, 1.54) is 17.5 Å². The predicted molar refractivity (Wildman–Crippen MR) is 61.8 cm³/mol. The molecule has 17 heavy (non-hydrogen) atoms. The lowest BCUT2D eigenvalue weighted by atomic mass is 10.1. The maximum atomic E-state index is 11.8. The molecule has 2 amide bonds. The first-order valence-corrected chi connectivity index (χ1v) is 5.43. The van der Waals surface area contributed by atoms with Crippen LogP contribution in [0.15, 0.2) is 11.6 Å². The van der Waals surface area contributed by atoms with Crippen LogP contribution in [0, 0.1) is 0 Å². The number of hydrogen-bond acceptors (Lipinski definition) is 3. The third-order valence-corrected chi connectivity index (χ3v) is 2.60. The quantitative estimate of drug-likeness (QED) is 0.724. The van der Waals surface area contributed by atoms with Gasteiger partial charge in [0.1, 0.15) is 6.54 Å². The molecular formula is C11H18N2O4. The Morgan fingerprint density at radius 2 is 2.29 bits per heavy atom. The van der Waals surface area contributed by atoms with Gasteiger partial charge in [0.15, 0.2) is 0 Å². The first kappa shape index (κ1) is 13.5. The number of nitrogens with zero attached hydrogens (tertiary/aromatic N) is 2. The molecule has 1 aliphatic heterocycles. The Labute approximate surface area is 100 Å². The fourth-order valence-electron chi connectivity index (χ4n) is 1.71. The molecule has 1 N–H and O–H groups in total. The summed E-state index contributed by atoms with van der Waals surface area (Å²) in [6.07, 6.45) is 2.74. The molecule has 0 saturated carbocycles. The molecule has 1 heterocycles. The molecule has 1 aliphatic rings. The highest BCUT2D eigenvalue weighted by Gasteiger charge is 2.21. The molecule has 0 bridgehead atoms. The Morgan fingerprint density at radius 3 is 2.76 bits per heavy atom. The first-order chi connectivity index (χ1) is 8.04. The van der Waals surface area contributed by atoms with Crippen molar-refractivity contribution in [1.82, 2.24) is 9.80 Å². The van der Waals surface area contributed by atoms with Gasteiger partial charge in [-0.25, -0.2) is 4.79 Å². The summed E-state index contributed by atoms with van der Waals surface area (Å²) in [6.45, 7) is 1.44. The number of carbonyl (C=O) groups is 2. The van der Waals surface area contributed by atoms with E-state index in [9.17, 15) is 9.59 Å². The molecule has 0 saturated heterocycles. The van der Waals surface area contributed by atoms with Gasteiger partial charge >= 0.3 is 12.0 Å². The lowest BCUT2D eigenvalue weighted by Gasteiger charge is -2.29. The van der Waals surface area contributed by atoms with E-state index in [0.29, 0.717) is 19.7 Å². The summed E-state index contributed by atoms with van der Waals surface area (Å²) >= 11 is 0. The Balaban J connectivity index is 2.48. The molecule has 6 heteroatoms. The average molecular weight is 242 g/mol. The maximum Gasteiger partial charge on any atom is 0.323 e. The van der Waals surface area contributed by atoms with Crippen LogP contribution in [-0.4, -0.2) is 67.3 Å². The van der Waals surface area contributed by atoms with Crippen LogP contribution in [0.25, 0.3) is 0 Å². The number of carboxylic acid groups (broad SMARTS) is 1. The van der Waals surface area contributed by atoms with Crippen molar-refractivity contribution in [2.75, 3.05) is 40.4 Å². The number of carbonyl (C=O) groups excluding carboxylic acids is 1. The maximum absolute atomic E-state index is 11.8. The molecule has 96 valence electrons. The predicted octanol–water partition coefficient (Wildman–Crippen LogP) is 0.401. The minimum absolute atomic E-state index is 0.250. The molecule has 0 aromatic heterocycles. The van der Waals surface area contributed by atoms with Gasteiger partial charge in [-0.1, -0.05) is 6.08 Å². The third-order valence-electron chi connectivity index (χ3n) is 2.60. The van der Waals surface area contributed by atoms with E-state index in [4.69, 9.17) is 9.84 Å². The van der Waals surface area contributed by atoms with Gasteiger partial charge < -0.3 is 19.6 Å². The molecule has 0 radical (unpaired) electrons. The van der Waals surface area contributed by atoms with Crippen molar-refractivity contribution in [2.24, 2.45) is 0 Å². The van der Waals surface area contributed by atoms with Crippen LogP contribution in [0.2, 0.25) is 0 Å². The van der Waals surface area contributed by atoms with Crippen LogP contribution in [0.5, 0.6) is 0 Å². The normalized spacial score (nSPS) is 15.4. The second kappa shape index (κ2) is 6.24. The van der Waals surface area contributed by atoms with E-state index < -0.39 is 5.97 Å². The zero-order chi connectivity index (χ0) is 12.8. The smallest absolute Gasteiger partial charge is 0.323 e. The van der Waals surface area contributed by atoms with Crippen LogP contribution >= 0.6 is 0 Å². The molecule has 0 spiro atoms. The molecule has 0 aromatic rings. The van der Waals surface area contributed by atoms with Gasteiger partial charge in [0.2, 0.25) is 0 Å². The van der Waals surface area contributed by atoms with Crippen LogP contribution in [0.3, 0.4) is 0 Å². The Hall–Kier alpha value is -1.56. The average Bonchev–Trinajstić information content (AvgIpc) is 2.28. The van der Waals surface area contributed by atoms with E-state index in [1.807, 2.05) is 6.08 Å². The monoisotopic (exact) mass is 242 g/mol. The largest absolute Gasteiger partial charge is 0.480 e. The number of amides is 2. The van der Waals surface area contributed by atoms with Gasteiger partial charge in [-0.15, -0.1) is 0 Å². The number of methoxy groups -OCH3 is 1. The van der Waals surface area contributed by atoms with E-state index >= 15 is 0 Å². The number of carboxylic acids is 1. The summed E-state index contributed by atoms with van der Waals surface area (Å²) in [6, 6.07) is -0.250. The van der Waals surface area contributed by atoms with Gasteiger partial charge in [-0.2, -0.15) is 0 Å². The lowest BCUT2D eigenvalue weighted by Crippen LogP contribution is -2.45. The van der Waals surface area contributed by atoms with Gasteiger partial charge in [-0.3, -0.25) is 4.79 Å². The van der Waals surface area contributed by atoms with Crippen molar-refractivity contribution in [3.63, 3.8) is 0 Å². The number of urea groups is 1. The second-order valence-corrected chi connectivity index (χ2v) is 4.02. The molecular weight excluding hydrogens is 224 g/mol. The molecule has 0 atom stereocenters. The van der Waals surface area contributed by atoms with E-state index in [0.717, 1.165) is 6.42 Å². The molecule has 0 unspecified atom stereocenters. The highest BCUT2D eigenvalue weighted by molar-refractivity contribution is 5.80. The second-order valence-electron chi connectivity index (χ2n) is 4.02. The highest BCUT2D eigenvalue weighted by Crippen LogP contribution is 2.12. The third kappa shape index (κ3) is 4.07. The number of ether oxygens (including phenoxy) is 1. The zero-order valence-corrected chi connectivity index (χ0v) is 10.2. The summed E-state index contributed by atoms with van der Waals surface area (Å²) < 4.78 is 5.02. The number of likely N-dealkylation sites (N-methyl/N-ethyl adjacent to an activating group) is 1. The molecule has 0 aliphatic carbocycles. The summed E-state index contributed by atoms with van der Waals surface area (Å²) in [5.41, 5.74) is 1.18. The summed E-state index contributed by atoms with van der Waals surface area (Å²) in [7, 11) is 3.13. The standard InChI is InChI=1S/C11H18N2O4/c1-12(7-10(14)15)11(16)13-5-3-9(4-6-13)8-17-2/h3H,4-8H2,1-2H3,(H,14,15). The van der Waals surface area contributed by atoms with Crippen molar-refractivity contribution in [3.05, 3.63) is 11.6 Å². The summed E-state index contributed by atoms with van der Waals surface area (Å²) in [4.78, 5) is 25.2. The number of rotatable bonds is 4. The van der Waals surface area contributed by atoms with Crippen molar-refractivity contribution >= 4 is 12.0 Å². The molecule has 0 fully saturated rings. The number of hydrogen-bond donors (Lipinski definition) is 1. The van der Waals surface area contributed by atoms with E-state index in [2.05, 4.69) is 0 Å². The van der Waals surface area contributed by atoms with Crippen molar-refractivity contribution in [3.8, 4) is 0 Å². The first-order valence-electron chi connectivity index (χ1n) is 5.43. The minimum atomic E-state index is -1.01. The Morgan fingerprint density at radius 1 is 1.59 bits per heavy atom. The van der Waals surface area contributed by atoms with E-state index in [1.54, 1.807) is 12.0 Å². The van der Waals surface area contributed by atoms with Gasteiger partial charge in [-0.05, 0) is 12.0 Å². The topological polar surface area (TPSA) is 70.1 Å². The molecule has 0 aromatic carbocycles. The Kier molecular flexibility index (Phi) is 4.96. The SMILES string of the molecule is COCC1=CCN(C(=O)N(C)CC(=O)O)CC1. The van der Waals surface area contributed by atoms with Crippen LogP contribution in [-0.2, 0) is 9.53 Å². The fraction of sp³-hybridized carbons (Fsp3) is 0.636. The number of aliphatic carboxylic acids is 1. The van der Waals surface area contributed by atoms with Crippen molar-refractivity contribution in [1.29, 1.82) is 0 Å². The van der Waals surface area contributed by atoms with Gasteiger partial charge in [0, 0.05) is 27.2 Å². The van der Waals surface area contributed by atoms with E-state index in [-0.39, 0.29) is 12.6 Å². The Bertz CT molecular complexity index is 327. The molecule has 1 rings (SSSR count). The van der Waals surface area contributed by atoms with Gasteiger partial charge in [0.05, 0.1) is 6.61 Å². The van der Waals surface area contributed by atoms with Gasteiger partial charge in [0.25, 0.3) is 0 Å².